The number of nitrogens with one attached hydrogen (secondary N) is 2. The second kappa shape index (κ2) is 7.84. The molecule has 2 amide bonds. The van der Waals surface area contributed by atoms with Gasteiger partial charge in [0.15, 0.2) is 6.61 Å². The Kier molecular flexibility index (Phi) is 5.63. The molecule has 9 heteroatoms. The molecule has 1 aliphatic heterocycles. The Morgan fingerprint density at radius 1 is 1.17 bits per heavy atom. The first-order valence-electron chi connectivity index (χ1n) is 8.98. The summed E-state index contributed by atoms with van der Waals surface area (Å²) in [6.45, 7) is 4.88. The highest BCUT2D eigenvalue weighted by molar-refractivity contribution is 7.89. The number of rotatable bonds is 5. The average Bonchev–Trinajstić information content (AvgIpc) is 2.63. The first kappa shape index (κ1) is 20.8. The molecule has 0 unspecified atom stereocenters. The van der Waals surface area contributed by atoms with Crippen molar-refractivity contribution in [3.05, 3.63) is 47.0 Å². The quantitative estimate of drug-likeness (QED) is 0.776. The zero-order valence-electron chi connectivity index (χ0n) is 16.7. The van der Waals surface area contributed by atoms with Gasteiger partial charge in [-0.3, -0.25) is 9.59 Å². The van der Waals surface area contributed by atoms with Crippen LogP contribution in [-0.2, 0) is 19.6 Å². The van der Waals surface area contributed by atoms with Crippen LogP contribution in [0.3, 0.4) is 0 Å². The molecule has 0 aromatic heterocycles. The van der Waals surface area contributed by atoms with Crippen molar-refractivity contribution in [2.75, 3.05) is 30.8 Å². The number of hydrogen-bond donors (Lipinski definition) is 2. The number of anilines is 2. The Morgan fingerprint density at radius 2 is 1.90 bits per heavy atom. The summed E-state index contributed by atoms with van der Waals surface area (Å²) in [6.07, 6.45) is 0. The maximum atomic E-state index is 13.0. The van der Waals surface area contributed by atoms with Gasteiger partial charge in [0.2, 0.25) is 15.9 Å². The van der Waals surface area contributed by atoms with Gasteiger partial charge in [-0.1, -0.05) is 12.1 Å². The van der Waals surface area contributed by atoms with E-state index in [0.717, 1.165) is 15.4 Å². The minimum absolute atomic E-state index is 0.0226. The molecule has 3 rings (SSSR count). The molecular formula is C20H23N3O5S. The normalized spacial score (nSPS) is 13.5. The molecule has 1 heterocycles. The maximum absolute atomic E-state index is 13.0. The van der Waals surface area contributed by atoms with Crippen LogP contribution in [0.25, 0.3) is 0 Å². The van der Waals surface area contributed by atoms with Gasteiger partial charge in [-0.15, -0.1) is 0 Å². The second-order valence-corrected chi connectivity index (χ2v) is 9.09. The van der Waals surface area contributed by atoms with Crippen LogP contribution in [0.5, 0.6) is 5.75 Å². The van der Waals surface area contributed by atoms with Crippen LogP contribution in [0.4, 0.5) is 11.4 Å². The molecule has 0 atom stereocenters. The van der Waals surface area contributed by atoms with E-state index in [2.05, 4.69) is 10.6 Å². The molecule has 0 radical (unpaired) electrons. The fraction of sp³-hybridized carbons (Fsp3) is 0.300. The zero-order chi connectivity index (χ0) is 21.3. The van der Waals surface area contributed by atoms with Gasteiger partial charge in [0, 0.05) is 18.8 Å². The van der Waals surface area contributed by atoms with Gasteiger partial charge in [0.05, 0.1) is 17.1 Å². The third-order valence-corrected chi connectivity index (χ3v) is 6.58. The number of hydrogen-bond acceptors (Lipinski definition) is 5. The van der Waals surface area contributed by atoms with Crippen molar-refractivity contribution in [1.82, 2.24) is 4.31 Å². The predicted octanol–water partition coefficient (Wildman–Crippen LogP) is 2.20. The van der Waals surface area contributed by atoms with Crippen LogP contribution in [-0.4, -0.2) is 44.7 Å². The van der Waals surface area contributed by atoms with E-state index in [9.17, 15) is 18.0 Å². The zero-order valence-corrected chi connectivity index (χ0v) is 17.5. The van der Waals surface area contributed by atoms with E-state index in [1.807, 2.05) is 32.0 Å². The van der Waals surface area contributed by atoms with Crippen LogP contribution in [0.1, 0.15) is 16.7 Å². The van der Waals surface area contributed by atoms with Crippen molar-refractivity contribution >= 4 is 33.2 Å². The molecule has 2 aromatic rings. The van der Waals surface area contributed by atoms with Crippen molar-refractivity contribution in [1.29, 1.82) is 0 Å². The van der Waals surface area contributed by atoms with Crippen molar-refractivity contribution in [2.24, 2.45) is 0 Å². The van der Waals surface area contributed by atoms with E-state index in [1.54, 1.807) is 13.0 Å². The second-order valence-electron chi connectivity index (χ2n) is 7.08. The fourth-order valence-electron chi connectivity index (χ4n) is 3.01. The number of amides is 2. The predicted molar refractivity (Wildman–Crippen MR) is 110 cm³/mol. The van der Waals surface area contributed by atoms with Crippen LogP contribution >= 0.6 is 0 Å². The lowest BCUT2D eigenvalue weighted by molar-refractivity contribution is -0.118. The lowest BCUT2D eigenvalue weighted by Crippen LogP contribution is -2.35. The molecule has 1 aliphatic rings. The van der Waals surface area contributed by atoms with E-state index < -0.39 is 15.9 Å². The largest absolute Gasteiger partial charge is 0.482 e. The van der Waals surface area contributed by atoms with Crippen molar-refractivity contribution < 1.29 is 22.7 Å². The molecule has 2 aromatic carbocycles. The Hall–Kier alpha value is -2.91. The molecular weight excluding hydrogens is 394 g/mol. The lowest BCUT2D eigenvalue weighted by atomic mass is 10.1. The topological polar surface area (TPSA) is 105 Å². The summed E-state index contributed by atoms with van der Waals surface area (Å²) in [6, 6.07) is 8.58. The summed E-state index contributed by atoms with van der Waals surface area (Å²) in [5, 5.41) is 5.40. The van der Waals surface area contributed by atoms with Gasteiger partial charge in [0.25, 0.3) is 5.91 Å². The summed E-state index contributed by atoms with van der Waals surface area (Å²) in [5.41, 5.74) is 3.39. The van der Waals surface area contributed by atoms with Crippen molar-refractivity contribution in [3.63, 3.8) is 0 Å². The molecule has 154 valence electrons. The number of fused-ring (bicyclic) bond motifs is 1. The monoisotopic (exact) mass is 417 g/mol. The number of nitrogens with zero attached hydrogens (tertiary/aromatic N) is 1. The molecule has 29 heavy (non-hydrogen) atoms. The van der Waals surface area contributed by atoms with Gasteiger partial charge in [-0.2, -0.15) is 4.31 Å². The smallest absolute Gasteiger partial charge is 0.262 e. The fourth-order valence-corrected chi connectivity index (χ4v) is 4.35. The maximum Gasteiger partial charge on any atom is 0.262 e. The summed E-state index contributed by atoms with van der Waals surface area (Å²) < 4.78 is 32.3. The first-order chi connectivity index (χ1) is 13.6. The highest BCUT2D eigenvalue weighted by atomic mass is 32.2. The molecule has 0 saturated carbocycles. The first-order valence-corrected chi connectivity index (χ1v) is 10.4. The third-order valence-electron chi connectivity index (χ3n) is 4.63. The number of sulfonamides is 1. The number of benzene rings is 2. The Bertz CT molecular complexity index is 1100. The SMILES string of the molecule is Cc1ccc(C)c(NC(=O)CN(C)S(=O)(=O)c2cc3c(cc2C)NC(=O)CO3)c1. The lowest BCUT2D eigenvalue weighted by Gasteiger charge is -2.22. The highest BCUT2D eigenvalue weighted by Crippen LogP contribution is 2.33. The van der Waals surface area contributed by atoms with E-state index in [1.165, 1.54) is 13.1 Å². The minimum atomic E-state index is -3.94. The highest BCUT2D eigenvalue weighted by Gasteiger charge is 2.28. The number of aryl methyl sites for hydroxylation is 3. The summed E-state index contributed by atoms with van der Waals surface area (Å²) in [5.74, 6) is -0.460. The number of carbonyl (C=O) groups excluding carboxylic acids is 2. The number of ether oxygens (including phenoxy) is 1. The van der Waals surface area contributed by atoms with Crippen molar-refractivity contribution in [2.45, 2.75) is 25.7 Å². The Balaban J connectivity index is 1.79. The van der Waals surface area contributed by atoms with Crippen molar-refractivity contribution in [3.8, 4) is 5.75 Å². The molecule has 2 N–H and O–H groups in total. The van der Waals surface area contributed by atoms with E-state index in [-0.39, 0.29) is 29.7 Å². The molecule has 0 spiro atoms. The molecule has 0 saturated heterocycles. The molecule has 0 bridgehead atoms. The Morgan fingerprint density at radius 3 is 2.62 bits per heavy atom. The van der Waals surface area contributed by atoms with Crippen LogP contribution < -0.4 is 15.4 Å². The van der Waals surface area contributed by atoms with Crippen LogP contribution in [0.2, 0.25) is 0 Å². The molecule has 0 fully saturated rings. The van der Waals surface area contributed by atoms with Gasteiger partial charge >= 0.3 is 0 Å². The average molecular weight is 417 g/mol. The standard InChI is InChI=1S/C20H23N3O5S/c1-12-5-6-13(2)15(7-12)21-19(24)10-23(4)29(26,27)18-9-17-16(8-14(18)3)22-20(25)11-28-17/h5-9H,10-11H2,1-4H3,(H,21,24)(H,22,25). The van der Waals surface area contributed by atoms with Crippen LogP contribution in [0, 0.1) is 20.8 Å². The summed E-state index contributed by atoms with van der Waals surface area (Å²) in [7, 11) is -2.60. The molecule has 0 aliphatic carbocycles. The third kappa shape index (κ3) is 4.41. The van der Waals surface area contributed by atoms with E-state index >= 15 is 0 Å². The minimum Gasteiger partial charge on any atom is -0.482 e. The van der Waals surface area contributed by atoms with Gasteiger partial charge in [-0.25, -0.2) is 8.42 Å². The van der Waals surface area contributed by atoms with Crippen LogP contribution in [0.15, 0.2) is 35.2 Å². The number of carbonyl (C=O) groups is 2. The summed E-state index contributed by atoms with van der Waals surface area (Å²) in [4.78, 5) is 23.9. The Labute approximate surface area is 169 Å². The van der Waals surface area contributed by atoms with Gasteiger partial charge < -0.3 is 15.4 Å². The summed E-state index contributed by atoms with van der Waals surface area (Å²) >= 11 is 0. The molecule has 8 nitrogen and oxygen atoms in total. The van der Waals surface area contributed by atoms with E-state index in [4.69, 9.17) is 4.74 Å². The van der Waals surface area contributed by atoms with Gasteiger partial charge in [-0.05, 0) is 49.6 Å². The van der Waals surface area contributed by atoms with E-state index in [0.29, 0.717) is 16.9 Å². The van der Waals surface area contributed by atoms with Gasteiger partial charge in [0.1, 0.15) is 5.75 Å². The number of likely N-dealkylation sites (N-methyl/N-ethyl adjacent to an activating group) is 1.